The first kappa shape index (κ1) is 12.2. The number of fused-ring (bicyclic) bond motifs is 1. The highest BCUT2D eigenvalue weighted by atomic mass is 14.7. The number of hydrogen-bond donors (Lipinski definition) is 0. The molecule has 1 aliphatic rings. The van der Waals surface area contributed by atoms with Gasteiger partial charge in [-0.05, 0) is 47.1 Å². The van der Waals surface area contributed by atoms with Crippen molar-refractivity contribution in [2.45, 2.75) is 26.7 Å². The normalized spacial score (nSPS) is 14.1. The first-order valence-electron chi connectivity index (χ1n) is 6.86. The van der Waals surface area contributed by atoms with Crippen molar-refractivity contribution >= 4 is 5.57 Å². The summed E-state index contributed by atoms with van der Waals surface area (Å²) < 4.78 is 0. The van der Waals surface area contributed by atoms with Crippen molar-refractivity contribution in [2.75, 3.05) is 0 Å². The topological polar surface area (TPSA) is 12.9 Å². The average molecular weight is 249 g/mol. The molecule has 1 aromatic heterocycles. The Labute approximate surface area is 115 Å². The van der Waals surface area contributed by atoms with Crippen LogP contribution in [0.3, 0.4) is 0 Å². The summed E-state index contributed by atoms with van der Waals surface area (Å²) in [4.78, 5) is 4.46. The number of hydrogen-bond acceptors (Lipinski definition) is 1. The van der Waals surface area contributed by atoms with E-state index < -0.39 is 0 Å². The maximum absolute atomic E-state index is 4.46. The molecule has 1 heteroatoms. The summed E-state index contributed by atoms with van der Waals surface area (Å²) in [6.45, 7) is 4.63. The minimum Gasteiger partial charge on any atom is -0.261 e. The number of nitrogens with zero attached hydrogens (tertiary/aromatic N) is 1. The van der Waals surface area contributed by atoms with E-state index in [1.165, 1.54) is 16.7 Å². The average Bonchev–Trinajstić information content (AvgIpc) is 2.84. The minimum absolute atomic E-state index is 0.126. The Morgan fingerprint density at radius 3 is 2.63 bits per heavy atom. The third kappa shape index (κ3) is 2.33. The van der Waals surface area contributed by atoms with Crippen LogP contribution < -0.4 is 0 Å². The molecule has 0 fully saturated rings. The summed E-state index contributed by atoms with van der Waals surface area (Å²) in [7, 11) is 0. The van der Waals surface area contributed by atoms with Crippen LogP contribution in [0.1, 0.15) is 30.7 Å². The molecule has 1 aliphatic carbocycles. The molecule has 0 atom stereocenters. The summed E-state index contributed by atoms with van der Waals surface area (Å²) >= 11 is 0. The molecule has 3 rings (SSSR count). The third-order valence-electron chi connectivity index (χ3n) is 3.91. The van der Waals surface area contributed by atoms with Crippen LogP contribution in [0.25, 0.3) is 5.57 Å². The summed E-state index contributed by atoms with van der Waals surface area (Å²) in [6, 6.07) is 14.9. The Morgan fingerprint density at radius 1 is 1.05 bits per heavy atom. The molecular formula is C18H19N. The second-order valence-corrected chi connectivity index (χ2v) is 5.86. The largest absolute Gasteiger partial charge is 0.261 e. The Hall–Kier alpha value is -1.89. The molecule has 19 heavy (non-hydrogen) atoms. The van der Waals surface area contributed by atoms with Crippen molar-refractivity contribution in [2.24, 2.45) is 5.41 Å². The lowest BCUT2D eigenvalue weighted by Gasteiger charge is -2.27. The fourth-order valence-corrected chi connectivity index (χ4v) is 2.97. The van der Waals surface area contributed by atoms with Crippen LogP contribution in [0, 0.1) is 5.41 Å². The van der Waals surface area contributed by atoms with Gasteiger partial charge < -0.3 is 0 Å². The number of pyridine rings is 1. The van der Waals surface area contributed by atoms with Crippen LogP contribution in [0.2, 0.25) is 0 Å². The number of rotatable bonds is 3. The van der Waals surface area contributed by atoms with E-state index in [9.17, 15) is 0 Å². The summed E-state index contributed by atoms with van der Waals surface area (Å²) in [5.74, 6) is 0. The molecule has 0 unspecified atom stereocenters. The zero-order valence-electron chi connectivity index (χ0n) is 11.6. The summed E-state index contributed by atoms with van der Waals surface area (Å²) in [6.07, 6.45) is 6.31. The maximum atomic E-state index is 4.46. The van der Waals surface area contributed by atoms with E-state index >= 15 is 0 Å². The van der Waals surface area contributed by atoms with Gasteiger partial charge in [-0.1, -0.05) is 50.3 Å². The van der Waals surface area contributed by atoms with Gasteiger partial charge in [0.15, 0.2) is 0 Å². The minimum atomic E-state index is 0.126. The van der Waals surface area contributed by atoms with Gasteiger partial charge in [-0.3, -0.25) is 4.98 Å². The molecule has 0 N–H and O–H groups in total. The van der Waals surface area contributed by atoms with Gasteiger partial charge in [0, 0.05) is 11.9 Å². The summed E-state index contributed by atoms with van der Waals surface area (Å²) in [5, 5.41) is 0. The van der Waals surface area contributed by atoms with Gasteiger partial charge in [0.1, 0.15) is 0 Å². The number of benzene rings is 1. The van der Waals surface area contributed by atoms with Crippen molar-refractivity contribution in [3.63, 3.8) is 0 Å². The molecule has 1 heterocycles. The molecule has 0 amide bonds. The highest BCUT2D eigenvalue weighted by Crippen LogP contribution is 2.42. The Balaban J connectivity index is 1.90. The highest BCUT2D eigenvalue weighted by Gasteiger charge is 2.29. The van der Waals surface area contributed by atoms with E-state index in [0.29, 0.717) is 0 Å². The number of allylic oxidation sites excluding steroid dienone is 2. The van der Waals surface area contributed by atoms with Gasteiger partial charge in [-0.15, -0.1) is 0 Å². The summed E-state index contributed by atoms with van der Waals surface area (Å²) in [5.41, 5.74) is 5.63. The quantitative estimate of drug-likeness (QED) is 0.790. The standard InChI is InChI=1S/C18H19N/c1-18(2,13-15-8-5-6-12-19-15)17-11-10-14-7-3-4-9-16(14)17/h3-9,11-12H,10,13H2,1-2H3. The van der Waals surface area contributed by atoms with E-state index in [1.807, 2.05) is 12.3 Å². The Bertz CT molecular complexity index is 609. The van der Waals surface area contributed by atoms with Crippen LogP contribution in [0.5, 0.6) is 0 Å². The van der Waals surface area contributed by atoms with Crippen LogP contribution in [-0.4, -0.2) is 4.98 Å². The van der Waals surface area contributed by atoms with Crippen molar-refractivity contribution in [3.05, 3.63) is 71.6 Å². The van der Waals surface area contributed by atoms with Gasteiger partial charge in [0.25, 0.3) is 0 Å². The van der Waals surface area contributed by atoms with Crippen LogP contribution >= 0.6 is 0 Å². The zero-order valence-corrected chi connectivity index (χ0v) is 11.6. The molecule has 1 nitrogen and oxygen atoms in total. The highest BCUT2D eigenvalue weighted by molar-refractivity contribution is 5.76. The first-order chi connectivity index (χ1) is 9.17. The van der Waals surface area contributed by atoms with Crippen molar-refractivity contribution < 1.29 is 0 Å². The van der Waals surface area contributed by atoms with E-state index in [2.05, 4.69) is 61.3 Å². The molecule has 0 saturated heterocycles. The van der Waals surface area contributed by atoms with Crippen molar-refractivity contribution in [1.29, 1.82) is 0 Å². The predicted molar refractivity (Wildman–Crippen MR) is 79.8 cm³/mol. The van der Waals surface area contributed by atoms with E-state index in [1.54, 1.807) is 0 Å². The maximum Gasteiger partial charge on any atom is 0.0412 e. The second-order valence-electron chi connectivity index (χ2n) is 5.86. The SMILES string of the molecule is CC(C)(Cc1ccccn1)C1=CCc2ccccc21. The number of aromatic nitrogens is 1. The van der Waals surface area contributed by atoms with Gasteiger partial charge in [0.2, 0.25) is 0 Å². The van der Waals surface area contributed by atoms with Crippen LogP contribution in [-0.2, 0) is 12.8 Å². The fraction of sp³-hybridized carbons (Fsp3) is 0.278. The molecule has 0 aliphatic heterocycles. The lowest BCUT2D eigenvalue weighted by atomic mass is 9.77. The predicted octanol–water partition coefficient (Wildman–Crippen LogP) is 4.29. The van der Waals surface area contributed by atoms with Gasteiger partial charge in [-0.2, -0.15) is 0 Å². The Morgan fingerprint density at radius 2 is 1.84 bits per heavy atom. The first-order valence-corrected chi connectivity index (χ1v) is 6.86. The third-order valence-corrected chi connectivity index (χ3v) is 3.91. The van der Waals surface area contributed by atoms with E-state index in [-0.39, 0.29) is 5.41 Å². The lowest BCUT2D eigenvalue weighted by Crippen LogP contribution is -2.17. The molecule has 1 aromatic carbocycles. The van der Waals surface area contributed by atoms with Crippen LogP contribution in [0.4, 0.5) is 0 Å². The van der Waals surface area contributed by atoms with E-state index in [4.69, 9.17) is 0 Å². The molecule has 0 saturated carbocycles. The molecule has 96 valence electrons. The molecule has 0 spiro atoms. The zero-order chi connectivity index (χ0) is 13.3. The Kier molecular flexibility index (Phi) is 2.98. The molecule has 0 radical (unpaired) electrons. The second kappa shape index (κ2) is 4.65. The van der Waals surface area contributed by atoms with Gasteiger partial charge in [0.05, 0.1) is 0 Å². The van der Waals surface area contributed by atoms with Crippen molar-refractivity contribution in [3.8, 4) is 0 Å². The lowest BCUT2D eigenvalue weighted by molar-refractivity contribution is 0.492. The van der Waals surface area contributed by atoms with Crippen LogP contribution in [0.15, 0.2) is 54.7 Å². The molecule has 0 bridgehead atoms. The van der Waals surface area contributed by atoms with Gasteiger partial charge in [-0.25, -0.2) is 0 Å². The van der Waals surface area contributed by atoms with Crippen molar-refractivity contribution in [1.82, 2.24) is 4.98 Å². The fourth-order valence-electron chi connectivity index (χ4n) is 2.97. The molecule has 2 aromatic rings. The smallest absolute Gasteiger partial charge is 0.0412 e. The van der Waals surface area contributed by atoms with Gasteiger partial charge >= 0.3 is 0 Å². The van der Waals surface area contributed by atoms with E-state index in [0.717, 1.165) is 18.5 Å². The monoisotopic (exact) mass is 249 g/mol. The molecular weight excluding hydrogens is 230 g/mol.